The van der Waals surface area contributed by atoms with Crippen LogP contribution in [0.5, 0.6) is 0 Å². The lowest BCUT2D eigenvalue weighted by molar-refractivity contribution is -0.0589. The van der Waals surface area contributed by atoms with Gasteiger partial charge in [-0.15, -0.1) is 0 Å². The van der Waals surface area contributed by atoms with Gasteiger partial charge in [0.25, 0.3) is 0 Å². The van der Waals surface area contributed by atoms with E-state index in [0.717, 1.165) is 5.56 Å². The number of nitrogens with zero attached hydrogens (tertiary/aromatic N) is 1. The van der Waals surface area contributed by atoms with Gasteiger partial charge in [0.1, 0.15) is 5.71 Å². The molecule has 2 nitrogen and oxygen atoms in total. The summed E-state index contributed by atoms with van der Waals surface area (Å²) in [6.45, 7) is 1.85. The number of para-hydroxylation sites is 1. The topological polar surface area (TPSA) is 29.4 Å². The molecule has 0 saturated carbocycles. The lowest BCUT2D eigenvalue weighted by Crippen LogP contribution is -2.28. The van der Waals surface area contributed by atoms with Crippen LogP contribution in [0.1, 0.15) is 5.56 Å². The maximum absolute atomic E-state index is 13.1. The Hall–Kier alpha value is -1.95. The Balaban J connectivity index is 2.26. The van der Waals surface area contributed by atoms with Crippen LogP contribution in [-0.2, 0) is 10.8 Å². The van der Waals surface area contributed by atoms with Crippen molar-refractivity contribution in [2.45, 2.75) is 18.0 Å². The molecule has 0 aliphatic heterocycles. The van der Waals surface area contributed by atoms with E-state index >= 15 is 0 Å². The van der Waals surface area contributed by atoms with Gasteiger partial charge in [0, 0.05) is 4.90 Å². The first-order valence-electron chi connectivity index (χ1n) is 6.51. The average Bonchev–Trinajstić information content (AvgIpc) is 2.47. The van der Waals surface area contributed by atoms with Gasteiger partial charge in [-0.05, 0) is 31.2 Å². The van der Waals surface area contributed by atoms with Gasteiger partial charge >= 0.3 is 6.18 Å². The molecule has 0 fully saturated rings. The van der Waals surface area contributed by atoms with Crippen LogP contribution >= 0.6 is 0 Å². The SMILES string of the molecule is Cc1ccc(S(=O)CC(=Nc2ccccc2)C(F)(F)F)cc1. The molecule has 116 valence electrons. The highest BCUT2D eigenvalue weighted by atomic mass is 32.2. The molecule has 1 unspecified atom stereocenters. The van der Waals surface area contributed by atoms with E-state index in [9.17, 15) is 17.4 Å². The van der Waals surface area contributed by atoms with Crippen molar-refractivity contribution in [1.29, 1.82) is 0 Å². The number of hydrogen-bond acceptors (Lipinski definition) is 2. The highest BCUT2D eigenvalue weighted by molar-refractivity contribution is 7.85. The molecule has 22 heavy (non-hydrogen) atoms. The zero-order valence-corrected chi connectivity index (χ0v) is 12.6. The lowest BCUT2D eigenvalue weighted by Gasteiger charge is -2.11. The third-order valence-electron chi connectivity index (χ3n) is 2.90. The Kier molecular flexibility index (Phi) is 5.13. The molecule has 0 N–H and O–H groups in total. The second kappa shape index (κ2) is 6.87. The van der Waals surface area contributed by atoms with Gasteiger partial charge in [-0.1, -0.05) is 35.9 Å². The summed E-state index contributed by atoms with van der Waals surface area (Å²) in [5.74, 6) is -0.665. The average molecular weight is 325 g/mol. The third kappa shape index (κ3) is 4.53. The fourth-order valence-corrected chi connectivity index (χ4v) is 2.82. The van der Waals surface area contributed by atoms with Crippen LogP contribution in [-0.4, -0.2) is 21.8 Å². The molecule has 0 heterocycles. The molecule has 0 bridgehead atoms. The smallest absolute Gasteiger partial charge is 0.254 e. The number of aryl methyl sites for hydroxylation is 1. The second-order valence-electron chi connectivity index (χ2n) is 4.69. The fraction of sp³-hybridized carbons (Fsp3) is 0.188. The first-order valence-corrected chi connectivity index (χ1v) is 7.83. The van der Waals surface area contributed by atoms with Crippen molar-refractivity contribution >= 4 is 22.2 Å². The molecule has 6 heteroatoms. The minimum absolute atomic E-state index is 0.190. The fourth-order valence-electron chi connectivity index (χ4n) is 1.73. The number of aliphatic imine (C=N–C) groups is 1. The third-order valence-corrected chi connectivity index (χ3v) is 4.23. The minimum Gasteiger partial charge on any atom is -0.254 e. The number of rotatable bonds is 4. The summed E-state index contributed by atoms with van der Waals surface area (Å²) in [7, 11) is -1.79. The Morgan fingerprint density at radius 2 is 1.64 bits per heavy atom. The van der Waals surface area contributed by atoms with Crippen molar-refractivity contribution in [3.05, 3.63) is 60.2 Å². The van der Waals surface area contributed by atoms with Gasteiger partial charge in [-0.2, -0.15) is 13.2 Å². The van der Waals surface area contributed by atoms with Crippen molar-refractivity contribution < 1.29 is 17.4 Å². The van der Waals surface area contributed by atoms with Crippen molar-refractivity contribution in [1.82, 2.24) is 0 Å². The van der Waals surface area contributed by atoms with Gasteiger partial charge in [0.05, 0.1) is 22.2 Å². The molecule has 0 aliphatic rings. The van der Waals surface area contributed by atoms with E-state index in [-0.39, 0.29) is 5.69 Å². The van der Waals surface area contributed by atoms with Crippen LogP contribution in [0.25, 0.3) is 0 Å². The van der Waals surface area contributed by atoms with E-state index in [4.69, 9.17) is 0 Å². The molecular formula is C16H14F3NOS. The van der Waals surface area contributed by atoms with Gasteiger partial charge in [-0.3, -0.25) is 4.21 Å². The summed E-state index contributed by atoms with van der Waals surface area (Å²) in [4.78, 5) is 3.97. The summed E-state index contributed by atoms with van der Waals surface area (Å²) in [6, 6.07) is 14.4. The molecule has 0 amide bonds. The maximum atomic E-state index is 13.1. The molecule has 0 radical (unpaired) electrons. The first-order chi connectivity index (χ1) is 10.4. The predicted molar refractivity (Wildman–Crippen MR) is 82.0 cm³/mol. The zero-order chi connectivity index (χ0) is 16.2. The summed E-state index contributed by atoms with van der Waals surface area (Å²) < 4.78 is 51.4. The summed E-state index contributed by atoms with van der Waals surface area (Å²) in [5, 5.41) is 0. The van der Waals surface area contributed by atoms with Crippen LogP contribution in [0, 0.1) is 6.92 Å². The molecule has 2 aromatic rings. The molecule has 0 aromatic heterocycles. The largest absolute Gasteiger partial charge is 0.430 e. The minimum atomic E-state index is -4.61. The molecule has 0 saturated heterocycles. The molecule has 0 spiro atoms. The summed E-state index contributed by atoms with van der Waals surface area (Å²) in [6.07, 6.45) is -4.61. The van der Waals surface area contributed by atoms with Crippen LogP contribution in [0.15, 0.2) is 64.5 Å². The molecule has 1 atom stereocenters. The maximum Gasteiger partial charge on any atom is 0.430 e. The van der Waals surface area contributed by atoms with Crippen molar-refractivity contribution in [3.63, 3.8) is 0 Å². The second-order valence-corrected chi connectivity index (χ2v) is 6.15. The Morgan fingerprint density at radius 3 is 2.18 bits per heavy atom. The first kappa shape index (κ1) is 16.4. The van der Waals surface area contributed by atoms with Gasteiger partial charge in [0.15, 0.2) is 0 Å². The van der Waals surface area contributed by atoms with Gasteiger partial charge < -0.3 is 0 Å². The molecule has 2 aromatic carbocycles. The molecular weight excluding hydrogens is 311 g/mol. The Morgan fingerprint density at radius 1 is 1.05 bits per heavy atom. The van der Waals surface area contributed by atoms with E-state index in [0.29, 0.717) is 4.90 Å². The van der Waals surface area contributed by atoms with Crippen LogP contribution in [0.2, 0.25) is 0 Å². The van der Waals surface area contributed by atoms with Crippen molar-refractivity contribution in [2.75, 3.05) is 5.75 Å². The molecule has 2 rings (SSSR count). The van der Waals surface area contributed by atoms with E-state index in [1.807, 2.05) is 6.92 Å². The number of alkyl halides is 3. The van der Waals surface area contributed by atoms with E-state index in [1.54, 1.807) is 42.5 Å². The summed E-state index contributed by atoms with van der Waals surface area (Å²) in [5.41, 5.74) is 0.100. The highest BCUT2D eigenvalue weighted by Gasteiger charge is 2.36. The number of benzene rings is 2. The van der Waals surface area contributed by atoms with Crippen molar-refractivity contribution in [3.8, 4) is 0 Å². The normalized spacial score (nSPS) is 13.9. The van der Waals surface area contributed by atoms with Crippen molar-refractivity contribution in [2.24, 2.45) is 4.99 Å². The lowest BCUT2D eigenvalue weighted by atomic mass is 10.2. The van der Waals surface area contributed by atoms with E-state index in [2.05, 4.69) is 4.99 Å². The number of hydrogen-bond donors (Lipinski definition) is 0. The van der Waals surface area contributed by atoms with E-state index < -0.39 is 28.4 Å². The quantitative estimate of drug-likeness (QED) is 0.764. The standard InChI is InChI=1S/C16H14F3NOS/c1-12-7-9-14(10-8-12)22(21)11-15(16(17,18)19)20-13-5-3-2-4-6-13/h2-10H,11H2,1H3. The zero-order valence-electron chi connectivity index (χ0n) is 11.8. The van der Waals surface area contributed by atoms with E-state index in [1.165, 1.54) is 12.1 Å². The Labute approximate surface area is 129 Å². The van der Waals surface area contributed by atoms with Gasteiger partial charge in [0.2, 0.25) is 0 Å². The highest BCUT2D eigenvalue weighted by Crippen LogP contribution is 2.23. The van der Waals surface area contributed by atoms with Gasteiger partial charge in [-0.25, -0.2) is 4.99 Å². The van der Waals surface area contributed by atoms with Crippen LogP contribution in [0.4, 0.5) is 18.9 Å². The van der Waals surface area contributed by atoms with Crippen LogP contribution in [0.3, 0.4) is 0 Å². The molecule has 0 aliphatic carbocycles. The predicted octanol–water partition coefficient (Wildman–Crippen LogP) is 4.44. The Bertz CT molecular complexity index is 679. The summed E-state index contributed by atoms with van der Waals surface area (Å²) >= 11 is 0. The monoisotopic (exact) mass is 325 g/mol. The number of halogens is 3. The van der Waals surface area contributed by atoms with Crippen LogP contribution < -0.4 is 0 Å².